The van der Waals surface area contributed by atoms with E-state index in [9.17, 15) is 19.1 Å². The Morgan fingerprint density at radius 1 is 1.42 bits per heavy atom. The van der Waals surface area contributed by atoms with Gasteiger partial charge in [-0.1, -0.05) is 0 Å². The van der Waals surface area contributed by atoms with E-state index in [4.69, 9.17) is 5.11 Å². The molecule has 1 aliphatic heterocycles. The Hall–Kier alpha value is -1.95. The molecule has 2 rings (SSSR count). The third kappa shape index (κ3) is 2.58. The SMILES string of the molecule is Cc1cc(C(=O)N2CC(O)C[C@H]2C(=O)O)ccc1F. The summed E-state index contributed by atoms with van der Waals surface area (Å²) < 4.78 is 13.1. The summed E-state index contributed by atoms with van der Waals surface area (Å²) in [5, 5.41) is 18.5. The third-order valence-corrected chi connectivity index (χ3v) is 3.23. The van der Waals surface area contributed by atoms with Gasteiger partial charge in [0, 0.05) is 18.5 Å². The predicted octanol–water partition coefficient (Wildman–Crippen LogP) is 0.794. The van der Waals surface area contributed by atoms with E-state index < -0.39 is 29.8 Å². The lowest BCUT2D eigenvalue weighted by Gasteiger charge is -2.21. The first-order valence-electron chi connectivity index (χ1n) is 5.88. The summed E-state index contributed by atoms with van der Waals surface area (Å²) in [4.78, 5) is 24.4. The molecule has 1 fully saturated rings. The lowest BCUT2D eigenvalue weighted by molar-refractivity contribution is -0.141. The van der Waals surface area contributed by atoms with Crippen molar-refractivity contribution in [1.29, 1.82) is 0 Å². The molecular formula is C13H14FNO4. The highest BCUT2D eigenvalue weighted by Crippen LogP contribution is 2.21. The Morgan fingerprint density at radius 3 is 2.68 bits per heavy atom. The van der Waals surface area contributed by atoms with Crippen LogP contribution < -0.4 is 0 Å². The van der Waals surface area contributed by atoms with E-state index in [-0.39, 0.29) is 18.5 Å². The van der Waals surface area contributed by atoms with Crippen molar-refractivity contribution in [2.24, 2.45) is 0 Å². The van der Waals surface area contributed by atoms with E-state index in [0.29, 0.717) is 5.56 Å². The zero-order chi connectivity index (χ0) is 14.2. The van der Waals surface area contributed by atoms with Gasteiger partial charge >= 0.3 is 5.97 Å². The molecule has 1 saturated heterocycles. The summed E-state index contributed by atoms with van der Waals surface area (Å²) in [5.74, 6) is -2.08. The molecule has 102 valence electrons. The normalized spacial score (nSPS) is 22.6. The highest BCUT2D eigenvalue weighted by molar-refractivity contribution is 5.97. The maximum absolute atomic E-state index is 13.1. The zero-order valence-corrected chi connectivity index (χ0v) is 10.3. The van der Waals surface area contributed by atoms with Crippen LogP contribution >= 0.6 is 0 Å². The molecule has 1 amide bonds. The molecule has 1 heterocycles. The molecule has 2 atom stereocenters. The molecule has 19 heavy (non-hydrogen) atoms. The maximum atomic E-state index is 13.1. The minimum Gasteiger partial charge on any atom is -0.480 e. The van der Waals surface area contributed by atoms with Crippen molar-refractivity contribution >= 4 is 11.9 Å². The number of likely N-dealkylation sites (tertiary alicyclic amines) is 1. The fraction of sp³-hybridized carbons (Fsp3) is 0.385. The Kier molecular flexibility index (Phi) is 3.53. The van der Waals surface area contributed by atoms with Gasteiger partial charge < -0.3 is 15.1 Å². The van der Waals surface area contributed by atoms with Crippen molar-refractivity contribution < 1.29 is 24.2 Å². The number of carboxylic acids is 1. The van der Waals surface area contributed by atoms with E-state index in [1.165, 1.54) is 25.1 Å². The lowest BCUT2D eigenvalue weighted by Crippen LogP contribution is -2.40. The first-order chi connectivity index (χ1) is 8.90. The van der Waals surface area contributed by atoms with Crippen LogP contribution in [-0.2, 0) is 4.79 Å². The van der Waals surface area contributed by atoms with E-state index in [1.807, 2.05) is 0 Å². The summed E-state index contributed by atoms with van der Waals surface area (Å²) in [7, 11) is 0. The predicted molar refractivity (Wildman–Crippen MR) is 64.2 cm³/mol. The van der Waals surface area contributed by atoms with Gasteiger partial charge in [-0.05, 0) is 30.7 Å². The molecule has 1 aliphatic rings. The fourth-order valence-corrected chi connectivity index (χ4v) is 2.22. The summed E-state index contributed by atoms with van der Waals surface area (Å²) >= 11 is 0. The number of β-amino-alcohol motifs (C(OH)–C–C–N with tert-alkyl or cyclic N) is 1. The second kappa shape index (κ2) is 4.97. The number of nitrogens with zero attached hydrogens (tertiary/aromatic N) is 1. The second-order valence-electron chi connectivity index (χ2n) is 4.67. The number of rotatable bonds is 2. The monoisotopic (exact) mass is 267 g/mol. The van der Waals surface area contributed by atoms with E-state index in [0.717, 1.165) is 4.90 Å². The summed E-state index contributed by atoms with van der Waals surface area (Å²) in [5.41, 5.74) is 0.539. The van der Waals surface area contributed by atoms with Gasteiger partial charge in [0.2, 0.25) is 0 Å². The molecule has 0 saturated carbocycles. The van der Waals surface area contributed by atoms with Gasteiger partial charge in [-0.15, -0.1) is 0 Å². The molecule has 1 aromatic carbocycles. The number of hydrogen-bond donors (Lipinski definition) is 2. The Labute approximate surface area is 109 Å². The van der Waals surface area contributed by atoms with Gasteiger partial charge in [0.25, 0.3) is 5.91 Å². The number of carboxylic acid groups (broad SMARTS) is 1. The van der Waals surface area contributed by atoms with E-state index in [2.05, 4.69) is 0 Å². The minimum atomic E-state index is -1.15. The molecule has 2 N–H and O–H groups in total. The molecule has 1 aromatic rings. The van der Waals surface area contributed by atoms with Crippen LogP contribution in [0.4, 0.5) is 4.39 Å². The molecule has 0 bridgehead atoms. The van der Waals surface area contributed by atoms with Crippen LogP contribution in [-0.4, -0.2) is 45.7 Å². The number of carbonyl (C=O) groups is 2. The van der Waals surface area contributed by atoms with Gasteiger partial charge in [0.05, 0.1) is 6.10 Å². The highest BCUT2D eigenvalue weighted by atomic mass is 19.1. The average Bonchev–Trinajstić information content (AvgIpc) is 2.74. The van der Waals surface area contributed by atoms with Crippen LogP contribution in [0.5, 0.6) is 0 Å². The molecule has 6 heteroatoms. The topological polar surface area (TPSA) is 77.8 Å². The summed E-state index contributed by atoms with van der Waals surface area (Å²) in [6.07, 6.45) is -0.826. The minimum absolute atomic E-state index is 0.0151. The Bertz CT molecular complexity index is 531. The largest absolute Gasteiger partial charge is 0.480 e. The highest BCUT2D eigenvalue weighted by Gasteiger charge is 2.39. The van der Waals surface area contributed by atoms with Gasteiger partial charge in [-0.3, -0.25) is 4.79 Å². The molecule has 1 unspecified atom stereocenters. The van der Waals surface area contributed by atoms with Crippen molar-refractivity contribution in [3.05, 3.63) is 35.1 Å². The van der Waals surface area contributed by atoms with E-state index >= 15 is 0 Å². The Morgan fingerprint density at radius 2 is 2.11 bits per heavy atom. The molecule has 0 spiro atoms. The molecule has 0 aliphatic carbocycles. The number of carbonyl (C=O) groups excluding carboxylic acids is 1. The van der Waals surface area contributed by atoms with Gasteiger partial charge in [-0.2, -0.15) is 0 Å². The summed E-state index contributed by atoms with van der Waals surface area (Å²) in [6, 6.07) is 2.83. The number of hydrogen-bond acceptors (Lipinski definition) is 3. The lowest BCUT2D eigenvalue weighted by atomic mass is 10.1. The van der Waals surface area contributed by atoms with Gasteiger partial charge in [-0.25, -0.2) is 9.18 Å². The number of aliphatic carboxylic acids is 1. The molecule has 0 aromatic heterocycles. The van der Waals surface area contributed by atoms with Crippen molar-refractivity contribution in [2.45, 2.75) is 25.5 Å². The zero-order valence-electron chi connectivity index (χ0n) is 10.3. The van der Waals surface area contributed by atoms with Crippen LogP contribution in [0.2, 0.25) is 0 Å². The van der Waals surface area contributed by atoms with Crippen molar-refractivity contribution in [3.8, 4) is 0 Å². The molecular weight excluding hydrogens is 253 g/mol. The second-order valence-corrected chi connectivity index (χ2v) is 4.67. The van der Waals surface area contributed by atoms with Crippen molar-refractivity contribution in [2.75, 3.05) is 6.54 Å². The fourth-order valence-electron chi connectivity index (χ4n) is 2.22. The van der Waals surface area contributed by atoms with Crippen molar-refractivity contribution in [1.82, 2.24) is 4.90 Å². The van der Waals surface area contributed by atoms with Gasteiger partial charge in [0.15, 0.2) is 0 Å². The number of aliphatic hydroxyl groups is 1. The smallest absolute Gasteiger partial charge is 0.326 e. The average molecular weight is 267 g/mol. The Balaban J connectivity index is 2.27. The quantitative estimate of drug-likeness (QED) is 0.830. The van der Waals surface area contributed by atoms with E-state index in [1.54, 1.807) is 0 Å². The number of aliphatic hydroxyl groups excluding tert-OH is 1. The first kappa shape index (κ1) is 13.5. The van der Waals surface area contributed by atoms with Crippen LogP contribution in [0, 0.1) is 12.7 Å². The van der Waals surface area contributed by atoms with Crippen LogP contribution in [0.15, 0.2) is 18.2 Å². The number of halogens is 1. The van der Waals surface area contributed by atoms with Crippen LogP contribution in [0.3, 0.4) is 0 Å². The van der Waals surface area contributed by atoms with Crippen LogP contribution in [0.25, 0.3) is 0 Å². The first-order valence-corrected chi connectivity index (χ1v) is 5.88. The molecule has 0 radical (unpaired) electrons. The third-order valence-electron chi connectivity index (χ3n) is 3.23. The van der Waals surface area contributed by atoms with Gasteiger partial charge in [0.1, 0.15) is 11.9 Å². The molecule has 5 nitrogen and oxygen atoms in total. The standard InChI is InChI=1S/C13H14FNO4/c1-7-4-8(2-3-10(7)14)12(17)15-6-9(16)5-11(15)13(18)19/h2-4,9,11,16H,5-6H2,1H3,(H,18,19)/t9?,11-/m0/s1. The maximum Gasteiger partial charge on any atom is 0.326 e. The number of benzene rings is 1. The number of amides is 1. The van der Waals surface area contributed by atoms with Crippen LogP contribution in [0.1, 0.15) is 22.3 Å². The van der Waals surface area contributed by atoms with Crippen molar-refractivity contribution in [3.63, 3.8) is 0 Å². The number of aryl methyl sites for hydroxylation is 1. The summed E-state index contributed by atoms with van der Waals surface area (Å²) in [6.45, 7) is 1.51.